The van der Waals surface area contributed by atoms with Gasteiger partial charge in [0.1, 0.15) is 6.54 Å². The molecule has 0 aliphatic heterocycles. The number of anilines is 1. The third-order valence-electron chi connectivity index (χ3n) is 5.33. The molecule has 0 aliphatic carbocycles. The quantitative estimate of drug-likeness (QED) is 0.473. The summed E-state index contributed by atoms with van der Waals surface area (Å²) < 4.78 is 3.59. The van der Waals surface area contributed by atoms with Crippen molar-refractivity contribution in [2.45, 2.75) is 13.5 Å². The molecule has 0 aliphatic rings. The Hall–Kier alpha value is -4.00. The first-order chi connectivity index (χ1) is 14.5. The number of carbonyl (C=O) groups is 1. The van der Waals surface area contributed by atoms with Gasteiger partial charge in [-0.15, -0.1) is 0 Å². The van der Waals surface area contributed by atoms with Crippen LogP contribution in [0.1, 0.15) is 5.69 Å². The van der Waals surface area contributed by atoms with Crippen molar-refractivity contribution in [1.82, 2.24) is 19.3 Å². The van der Waals surface area contributed by atoms with E-state index >= 15 is 0 Å². The van der Waals surface area contributed by atoms with Gasteiger partial charge >= 0.3 is 0 Å². The minimum atomic E-state index is -0.198. The fourth-order valence-electron chi connectivity index (χ4n) is 3.97. The molecule has 1 N–H and O–H groups in total. The van der Waals surface area contributed by atoms with Crippen LogP contribution < -0.4 is 10.7 Å². The van der Waals surface area contributed by atoms with Crippen molar-refractivity contribution in [1.29, 1.82) is 0 Å². The van der Waals surface area contributed by atoms with Crippen molar-refractivity contribution in [3.8, 4) is 0 Å². The van der Waals surface area contributed by atoms with Crippen molar-refractivity contribution in [3.05, 3.63) is 76.7 Å². The number of nitrogens with zero attached hydrogens (tertiary/aromatic N) is 4. The van der Waals surface area contributed by atoms with Crippen LogP contribution in [0.4, 0.5) is 5.69 Å². The van der Waals surface area contributed by atoms with Gasteiger partial charge in [-0.3, -0.25) is 14.3 Å². The van der Waals surface area contributed by atoms with E-state index in [9.17, 15) is 9.59 Å². The van der Waals surface area contributed by atoms with E-state index in [4.69, 9.17) is 0 Å². The second-order valence-electron chi connectivity index (χ2n) is 7.30. The molecule has 1 amide bonds. The number of pyridine rings is 2. The highest BCUT2D eigenvalue weighted by Gasteiger charge is 2.14. The van der Waals surface area contributed by atoms with Gasteiger partial charge in [0.2, 0.25) is 5.91 Å². The lowest BCUT2D eigenvalue weighted by molar-refractivity contribution is -0.116. The number of aromatic nitrogens is 4. The number of benzene rings is 2. The van der Waals surface area contributed by atoms with Gasteiger partial charge < -0.3 is 9.88 Å². The zero-order valence-corrected chi connectivity index (χ0v) is 16.6. The van der Waals surface area contributed by atoms with Crippen LogP contribution in [-0.2, 0) is 18.4 Å². The van der Waals surface area contributed by atoms with Crippen molar-refractivity contribution >= 4 is 44.4 Å². The first kappa shape index (κ1) is 18.1. The highest BCUT2D eigenvalue weighted by atomic mass is 16.2. The van der Waals surface area contributed by atoms with Crippen molar-refractivity contribution in [2.24, 2.45) is 7.05 Å². The van der Waals surface area contributed by atoms with Crippen molar-refractivity contribution in [2.75, 3.05) is 5.32 Å². The molecule has 5 rings (SSSR count). The highest BCUT2D eigenvalue weighted by molar-refractivity contribution is 5.97. The molecular formula is C23H19N5O2. The fourth-order valence-corrected chi connectivity index (χ4v) is 3.97. The predicted molar refractivity (Wildman–Crippen MR) is 118 cm³/mol. The SMILES string of the molecule is Cc1nn(C)c2ncc(NC(=O)Cn3c4ccccc4c(=O)c4ccccc43)cc12. The molecule has 0 radical (unpaired) electrons. The lowest BCUT2D eigenvalue weighted by atomic mass is 10.1. The molecule has 2 aromatic carbocycles. The van der Waals surface area contributed by atoms with Crippen molar-refractivity contribution < 1.29 is 4.79 Å². The predicted octanol–water partition coefficient (Wildman–Crippen LogP) is 3.38. The van der Waals surface area contributed by atoms with E-state index in [0.29, 0.717) is 16.5 Å². The standard InChI is InChI=1S/C23H19N5O2/c1-14-18-11-15(12-24-23(18)27(2)26-14)25-21(29)13-28-19-9-5-3-7-16(19)22(30)17-8-4-6-10-20(17)28/h3-12H,13H2,1-2H3,(H,25,29). The van der Waals surface area contributed by atoms with Crippen LogP contribution in [0.15, 0.2) is 65.6 Å². The second kappa shape index (κ2) is 6.81. The molecule has 0 spiro atoms. The van der Waals surface area contributed by atoms with Crippen LogP contribution in [0.5, 0.6) is 0 Å². The number of hydrogen-bond acceptors (Lipinski definition) is 4. The number of rotatable bonds is 3. The summed E-state index contributed by atoms with van der Waals surface area (Å²) in [6.07, 6.45) is 1.63. The smallest absolute Gasteiger partial charge is 0.244 e. The number of fused-ring (bicyclic) bond motifs is 3. The summed E-state index contributed by atoms with van der Waals surface area (Å²) in [5.74, 6) is -0.198. The largest absolute Gasteiger partial charge is 0.331 e. The third-order valence-corrected chi connectivity index (χ3v) is 5.33. The number of amides is 1. The summed E-state index contributed by atoms with van der Waals surface area (Å²) in [6.45, 7) is 1.99. The van der Waals surface area contributed by atoms with Crippen molar-refractivity contribution in [3.63, 3.8) is 0 Å². The average Bonchev–Trinajstić information content (AvgIpc) is 3.04. The third kappa shape index (κ3) is 2.83. The Bertz CT molecular complexity index is 1450. The van der Waals surface area contributed by atoms with Gasteiger partial charge in [-0.2, -0.15) is 5.10 Å². The van der Waals surface area contributed by atoms with E-state index in [1.54, 1.807) is 23.0 Å². The second-order valence-corrected chi connectivity index (χ2v) is 7.30. The zero-order chi connectivity index (χ0) is 20.8. The Kier molecular flexibility index (Phi) is 4.10. The molecule has 0 bridgehead atoms. The number of hydrogen-bond donors (Lipinski definition) is 1. The van der Waals surface area contributed by atoms with Gasteiger partial charge in [-0.25, -0.2) is 4.98 Å². The van der Waals surface area contributed by atoms with Crippen LogP contribution in [0.2, 0.25) is 0 Å². The molecule has 0 unspecified atom stereocenters. The van der Waals surface area contributed by atoms with Gasteiger partial charge in [0.25, 0.3) is 0 Å². The summed E-state index contributed by atoms with van der Waals surface area (Å²) in [5, 5.41) is 9.38. The average molecular weight is 397 g/mol. The number of para-hydroxylation sites is 2. The highest BCUT2D eigenvalue weighted by Crippen LogP contribution is 2.21. The summed E-state index contributed by atoms with van der Waals surface area (Å²) in [7, 11) is 1.84. The topological polar surface area (TPSA) is 81.8 Å². The summed E-state index contributed by atoms with van der Waals surface area (Å²) in [6, 6.07) is 16.6. The van der Waals surface area contributed by atoms with Gasteiger partial charge in [0, 0.05) is 23.2 Å². The lowest BCUT2D eigenvalue weighted by Gasteiger charge is -2.15. The summed E-state index contributed by atoms with van der Waals surface area (Å²) >= 11 is 0. The maximum atomic E-state index is 12.9. The first-order valence-corrected chi connectivity index (χ1v) is 9.62. The maximum absolute atomic E-state index is 12.9. The summed E-state index contributed by atoms with van der Waals surface area (Å²) in [4.78, 5) is 30.2. The molecule has 3 heterocycles. The normalized spacial score (nSPS) is 11.4. The molecule has 3 aromatic heterocycles. The van der Waals surface area contributed by atoms with E-state index in [2.05, 4.69) is 15.4 Å². The van der Waals surface area contributed by atoms with Crippen LogP contribution in [-0.4, -0.2) is 25.2 Å². The molecule has 5 aromatic rings. The zero-order valence-electron chi connectivity index (χ0n) is 16.6. The van der Waals surface area contributed by atoms with Gasteiger partial charge in [-0.05, 0) is 37.3 Å². The Balaban J connectivity index is 1.55. The van der Waals surface area contributed by atoms with Crippen LogP contribution >= 0.6 is 0 Å². The molecule has 148 valence electrons. The molecule has 0 atom stereocenters. The monoisotopic (exact) mass is 397 g/mol. The molecular weight excluding hydrogens is 378 g/mol. The Morgan fingerprint density at radius 3 is 2.30 bits per heavy atom. The number of aryl methyl sites for hydroxylation is 2. The van der Waals surface area contributed by atoms with Gasteiger partial charge in [0.15, 0.2) is 11.1 Å². The molecule has 30 heavy (non-hydrogen) atoms. The Morgan fingerprint density at radius 1 is 1.00 bits per heavy atom. The molecule has 7 heteroatoms. The van der Waals surface area contributed by atoms with Crippen LogP contribution in [0, 0.1) is 6.92 Å². The molecule has 0 fully saturated rings. The van der Waals surface area contributed by atoms with Gasteiger partial charge in [0.05, 0.1) is 28.6 Å². The minimum Gasteiger partial charge on any atom is -0.331 e. The van der Waals surface area contributed by atoms with E-state index in [0.717, 1.165) is 27.8 Å². The fraction of sp³-hybridized carbons (Fsp3) is 0.130. The lowest BCUT2D eigenvalue weighted by Crippen LogP contribution is -2.21. The van der Waals surface area contributed by atoms with Crippen LogP contribution in [0.25, 0.3) is 32.8 Å². The van der Waals surface area contributed by atoms with Crippen LogP contribution in [0.3, 0.4) is 0 Å². The van der Waals surface area contributed by atoms with Gasteiger partial charge in [-0.1, -0.05) is 24.3 Å². The summed E-state index contributed by atoms with van der Waals surface area (Å²) in [5.41, 5.74) is 3.66. The van der Waals surface area contributed by atoms with E-state index in [1.165, 1.54) is 0 Å². The first-order valence-electron chi connectivity index (χ1n) is 9.62. The number of nitrogens with one attached hydrogen (secondary N) is 1. The van der Waals surface area contributed by atoms with E-state index in [-0.39, 0.29) is 17.9 Å². The Morgan fingerprint density at radius 2 is 1.63 bits per heavy atom. The number of carbonyl (C=O) groups excluding carboxylic acids is 1. The maximum Gasteiger partial charge on any atom is 0.244 e. The van der Waals surface area contributed by atoms with E-state index < -0.39 is 0 Å². The van der Waals surface area contributed by atoms with E-state index in [1.807, 2.05) is 61.0 Å². The molecule has 0 saturated heterocycles. The molecule has 0 saturated carbocycles. The minimum absolute atomic E-state index is 0.0282. The Labute approximate surface area is 171 Å². The molecule has 7 nitrogen and oxygen atoms in total.